The van der Waals surface area contributed by atoms with Gasteiger partial charge in [-0.1, -0.05) is 55.0 Å². The lowest BCUT2D eigenvalue weighted by atomic mass is 9.53. The molecule has 1 aromatic rings. The molecule has 2 heterocycles. The van der Waals surface area contributed by atoms with Gasteiger partial charge in [-0.2, -0.15) is 0 Å². The number of benzene rings is 1. The van der Waals surface area contributed by atoms with E-state index < -0.39 is 53.2 Å². The number of aliphatic hydroxyl groups is 3. The number of allylic oxidation sites excluding steroid dienone is 1. The summed E-state index contributed by atoms with van der Waals surface area (Å²) in [5, 5.41) is 37.5. The predicted octanol–water partition coefficient (Wildman–Crippen LogP) is 1.70. The minimum absolute atomic E-state index is 0.290. The number of carbonyl (C=O) groups excluding carboxylic acids is 2. The fourth-order valence-electron chi connectivity index (χ4n) is 6.96. The SMILES string of the molecule is CC1=C(C)[C@@H]2[C@H](Cc3ccccc3)NC(=O)[C@]23[C@H](O)[C@@H]2O[C@H]2[C@@](C)(O)C(=O)[C@@H](C)C/C=C/[C@H]3[C@@H]1O. The van der Waals surface area contributed by atoms with E-state index in [4.69, 9.17) is 4.74 Å². The van der Waals surface area contributed by atoms with Gasteiger partial charge in [0.2, 0.25) is 5.91 Å². The molecule has 2 aliphatic carbocycles. The topological polar surface area (TPSA) is 119 Å². The van der Waals surface area contributed by atoms with Crippen LogP contribution < -0.4 is 5.32 Å². The molecule has 35 heavy (non-hydrogen) atoms. The average molecular weight is 482 g/mol. The van der Waals surface area contributed by atoms with Crippen molar-refractivity contribution in [1.82, 2.24) is 5.32 Å². The molecule has 0 saturated carbocycles. The molecule has 0 aromatic heterocycles. The zero-order valence-electron chi connectivity index (χ0n) is 20.6. The average Bonchev–Trinajstić information content (AvgIpc) is 3.59. The highest BCUT2D eigenvalue weighted by molar-refractivity contribution is 5.91. The summed E-state index contributed by atoms with van der Waals surface area (Å²) in [6.07, 6.45) is 0.434. The number of ketones is 1. The lowest BCUT2D eigenvalue weighted by Gasteiger charge is -2.49. The van der Waals surface area contributed by atoms with Crippen LogP contribution in [0.25, 0.3) is 0 Å². The first-order chi connectivity index (χ1) is 16.5. The molecule has 2 aliphatic heterocycles. The smallest absolute Gasteiger partial charge is 0.230 e. The Kier molecular flexibility index (Phi) is 5.83. The minimum atomic E-state index is -1.78. The summed E-state index contributed by atoms with van der Waals surface area (Å²) in [5.74, 6) is -2.27. The first-order valence-electron chi connectivity index (χ1n) is 12.5. The van der Waals surface area contributed by atoms with Crippen molar-refractivity contribution < 1.29 is 29.6 Å². The van der Waals surface area contributed by atoms with Gasteiger partial charge >= 0.3 is 0 Å². The van der Waals surface area contributed by atoms with E-state index >= 15 is 0 Å². The largest absolute Gasteiger partial charge is 0.389 e. The van der Waals surface area contributed by atoms with E-state index in [0.717, 1.165) is 16.7 Å². The Morgan fingerprint density at radius 1 is 1.11 bits per heavy atom. The maximum Gasteiger partial charge on any atom is 0.230 e. The molecule has 7 nitrogen and oxygen atoms in total. The zero-order chi connectivity index (χ0) is 25.3. The Balaban J connectivity index is 1.65. The lowest BCUT2D eigenvalue weighted by molar-refractivity contribution is -0.147. The van der Waals surface area contributed by atoms with Crippen molar-refractivity contribution in [2.24, 2.45) is 23.2 Å². The van der Waals surface area contributed by atoms with Crippen LogP contribution in [0.3, 0.4) is 0 Å². The third-order valence-corrected chi connectivity index (χ3v) is 9.01. The molecule has 1 spiro atoms. The van der Waals surface area contributed by atoms with Crippen LogP contribution in [0.15, 0.2) is 53.6 Å². The first kappa shape index (κ1) is 24.4. The molecule has 4 N–H and O–H groups in total. The molecule has 0 radical (unpaired) electrons. The van der Waals surface area contributed by atoms with Crippen LogP contribution in [-0.4, -0.2) is 63.1 Å². The van der Waals surface area contributed by atoms with E-state index in [0.29, 0.717) is 12.8 Å². The van der Waals surface area contributed by atoms with Gasteiger partial charge in [0.05, 0.1) is 17.6 Å². The predicted molar refractivity (Wildman–Crippen MR) is 129 cm³/mol. The van der Waals surface area contributed by atoms with Gasteiger partial charge in [-0.3, -0.25) is 9.59 Å². The molecule has 7 heteroatoms. The Morgan fingerprint density at radius 2 is 1.80 bits per heavy atom. The van der Waals surface area contributed by atoms with Crippen molar-refractivity contribution in [1.29, 1.82) is 0 Å². The standard InChI is InChI=1S/C28H35NO6/c1-14-9-8-12-18-21(30)16(3)15(2)20-19(13-17-10-6-5-7-11-17)29-26(33)28(18,20)24(32)22-25(35-22)27(4,34)23(14)31/h5-8,10-12,14,18-22,24-25,30,32,34H,9,13H2,1-4H3,(H,29,33)/b12-8+/t14-,18-,19-,20+,21+,22-,24+,25+,27-,28-/m0/s1. The van der Waals surface area contributed by atoms with Crippen molar-refractivity contribution >= 4 is 11.7 Å². The van der Waals surface area contributed by atoms with Gasteiger partial charge in [0.15, 0.2) is 5.78 Å². The Bertz CT molecular complexity index is 1090. The van der Waals surface area contributed by atoms with Crippen molar-refractivity contribution in [2.75, 3.05) is 0 Å². The minimum Gasteiger partial charge on any atom is -0.389 e. The fraction of sp³-hybridized carbons (Fsp3) is 0.571. The van der Waals surface area contributed by atoms with Crippen molar-refractivity contribution in [3.63, 3.8) is 0 Å². The third kappa shape index (κ3) is 3.47. The van der Waals surface area contributed by atoms with E-state index in [1.807, 2.05) is 50.3 Å². The molecule has 4 aliphatic rings. The van der Waals surface area contributed by atoms with E-state index in [-0.39, 0.29) is 17.7 Å². The Morgan fingerprint density at radius 3 is 2.49 bits per heavy atom. The molecule has 188 valence electrons. The summed E-state index contributed by atoms with van der Waals surface area (Å²) in [5.41, 5.74) is -0.444. The van der Waals surface area contributed by atoms with Gasteiger partial charge < -0.3 is 25.4 Å². The fourth-order valence-corrected chi connectivity index (χ4v) is 6.96. The number of aliphatic hydroxyl groups excluding tert-OH is 2. The summed E-state index contributed by atoms with van der Waals surface area (Å²) in [7, 11) is 0. The van der Waals surface area contributed by atoms with Crippen LogP contribution in [0.2, 0.25) is 0 Å². The number of Topliss-reactive ketones (excluding diaryl/α,β-unsaturated/α-hetero) is 1. The number of rotatable bonds is 2. The molecular weight excluding hydrogens is 446 g/mol. The van der Waals surface area contributed by atoms with Gasteiger partial charge in [-0.25, -0.2) is 0 Å². The quantitative estimate of drug-likeness (QED) is 0.377. The number of nitrogens with one attached hydrogen (secondary N) is 1. The normalized spacial score (nSPS) is 46.1. The number of ether oxygens (including phenoxy) is 1. The van der Waals surface area contributed by atoms with Gasteiger partial charge in [-0.15, -0.1) is 0 Å². The van der Waals surface area contributed by atoms with Crippen LogP contribution in [0.4, 0.5) is 0 Å². The molecule has 1 aromatic carbocycles. The lowest BCUT2D eigenvalue weighted by Crippen LogP contribution is -2.59. The molecule has 2 fully saturated rings. The number of epoxide rings is 1. The summed E-state index contributed by atoms with van der Waals surface area (Å²) in [6.45, 7) is 6.98. The highest BCUT2D eigenvalue weighted by Crippen LogP contribution is 2.59. The molecule has 10 atom stereocenters. The summed E-state index contributed by atoms with van der Waals surface area (Å²) in [4.78, 5) is 26.9. The zero-order valence-corrected chi connectivity index (χ0v) is 20.6. The third-order valence-electron chi connectivity index (χ3n) is 9.01. The maximum atomic E-state index is 14.0. The number of hydrogen-bond donors (Lipinski definition) is 4. The van der Waals surface area contributed by atoms with Crippen molar-refractivity contribution in [3.8, 4) is 0 Å². The Hall–Kier alpha value is -2.32. The van der Waals surface area contributed by atoms with E-state index in [9.17, 15) is 24.9 Å². The van der Waals surface area contributed by atoms with E-state index in [1.54, 1.807) is 13.0 Å². The van der Waals surface area contributed by atoms with Gasteiger partial charge in [0.25, 0.3) is 0 Å². The highest BCUT2D eigenvalue weighted by Gasteiger charge is 2.72. The van der Waals surface area contributed by atoms with Crippen molar-refractivity contribution in [2.45, 2.75) is 76.6 Å². The van der Waals surface area contributed by atoms with Gasteiger partial charge in [0.1, 0.15) is 17.8 Å². The van der Waals surface area contributed by atoms with Crippen LogP contribution in [0.5, 0.6) is 0 Å². The molecular formula is C28H35NO6. The second kappa shape index (κ2) is 8.37. The van der Waals surface area contributed by atoms with Crippen LogP contribution in [0, 0.1) is 23.2 Å². The number of amides is 1. The molecule has 0 bridgehead atoms. The number of hydrogen-bond acceptors (Lipinski definition) is 6. The van der Waals surface area contributed by atoms with Crippen LogP contribution in [-0.2, 0) is 20.7 Å². The van der Waals surface area contributed by atoms with Gasteiger partial charge in [0, 0.05) is 23.8 Å². The molecule has 1 amide bonds. The van der Waals surface area contributed by atoms with Crippen LogP contribution >= 0.6 is 0 Å². The summed E-state index contributed by atoms with van der Waals surface area (Å²) >= 11 is 0. The molecule has 5 rings (SSSR count). The number of carbonyl (C=O) groups is 2. The number of fused-ring (bicyclic) bond motifs is 1. The van der Waals surface area contributed by atoms with Crippen LogP contribution in [0.1, 0.15) is 39.7 Å². The second-order valence-corrected chi connectivity index (χ2v) is 11.1. The Labute approximate surface area is 205 Å². The van der Waals surface area contributed by atoms with E-state index in [1.165, 1.54) is 6.92 Å². The molecule has 0 unspecified atom stereocenters. The summed E-state index contributed by atoms with van der Waals surface area (Å²) in [6, 6.07) is 9.58. The first-order valence-corrected chi connectivity index (χ1v) is 12.5. The molecule has 2 saturated heterocycles. The highest BCUT2D eigenvalue weighted by atomic mass is 16.6. The second-order valence-electron chi connectivity index (χ2n) is 11.1. The maximum absolute atomic E-state index is 14.0. The van der Waals surface area contributed by atoms with E-state index in [2.05, 4.69) is 5.32 Å². The summed E-state index contributed by atoms with van der Waals surface area (Å²) < 4.78 is 5.76. The van der Waals surface area contributed by atoms with Gasteiger partial charge in [-0.05, 0) is 44.7 Å². The monoisotopic (exact) mass is 481 g/mol. The van der Waals surface area contributed by atoms with Crippen molar-refractivity contribution in [3.05, 3.63) is 59.2 Å².